The number of nitrogens with one attached hydrogen (secondary N) is 1. The minimum absolute atomic E-state index is 0.0683. The molecule has 5 nitrogen and oxygen atoms in total. The fourth-order valence-electron chi connectivity index (χ4n) is 2.93. The van der Waals surface area contributed by atoms with Gasteiger partial charge in [0.1, 0.15) is 11.7 Å². The van der Waals surface area contributed by atoms with Crippen LogP contribution < -0.4 is 9.80 Å². The molecular weight excluding hydrogens is 409 g/mol. The lowest BCUT2D eigenvalue weighted by atomic mass is 10.1. The summed E-state index contributed by atoms with van der Waals surface area (Å²) >= 11 is 4.13. The fraction of sp³-hybridized carbons (Fsp3) is 0.200. The van der Waals surface area contributed by atoms with Crippen molar-refractivity contribution in [3.05, 3.63) is 51.9 Å². The van der Waals surface area contributed by atoms with Crippen LogP contribution in [0.1, 0.15) is 5.56 Å². The van der Waals surface area contributed by atoms with Crippen LogP contribution in [0.25, 0.3) is 0 Å². The van der Waals surface area contributed by atoms with Crippen molar-refractivity contribution in [1.29, 1.82) is 5.41 Å². The third-order valence-corrected chi connectivity index (χ3v) is 5.82. The number of halogens is 1. The second kappa shape index (κ2) is 5.31. The summed E-state index contributed by atoms with van der Waals surface area (Å²) in [4.78, 5) is 4.38. The van der Waals surface area contributed by atoms with E-state index in [1.807, 2.05) is 41.7 Å². The lowest BCUT2D eigenvalue weighted by Crippen LogP contribution is -2.51. The maximum absolute atomic E-state index is 8.66. The van der Waals surface area contributed by atoms with Gasteiger partial charge in [0.2, 0.25) is 0 Å². The van der Waals surface area contributed by atoms with Crippen LogP contribution in [0.3, 0.4) is 0 Å². The number of fused-ring (bicyclic) bond motifs is 3. The summed E-state index contributed by atoms with van der Waals surface area (Å²) in [6.45, 7) is 0. The molecule has 0 saturated carbocycles. The molecule has 1 saturated heterocycles. The molecule has 0 radical (unpaired) electrons. The smallest absolute Gasteiger partial charge is 0.161 e. The van der Waals surface area contributed by atoms with Crippen LogP contribution in [0.5, 0.6) is 0 Å². The van der Waals surface area contributed by atoms with Gasteiger partial charge in [-0.15, -0.1) is 11.8 Å². The van der Waals surface area contributed by atoms with E-state index in [1.54, 1.807) is 6.20 Å². The highest BCUT2D eigenvalue weighted by molar-refractivity contribution is 14.1. The number of rotatable bonds is 1. The van der Waals surface area contributed by atoms with Gasteiger partial charge in [0.05, 0.1) is 11.8 Å². The van der Waals surface area contributed by atoms with E-state index in [2.05, 4.69) is 53.7 Å². The van der Waals surface area contributed by atoms with Gasteiger partial charge in [-0.3, -0.25) is 19.9 Å². The number of aromatic nitrogens is 2. The van der Waals surface area contributed by atoms with Gasteiger partial charge in [0.25, 0.3) is 0 Å². The first kappa shape index (κ1) is 14.1. The van der Waals surface area contributed by atoms with Crippen LogP contribution >= 0.6 is 34.4 Å². The number of para-hydroxylation sites is 1. The Balaban J connectivity index is 1.92. The van der Waals surface area contributed by atoms with Gasteiger partial charge >= 0.3 is 0 Å². The van der Waals surface area contributed by atoms with E-state index in [0.29, 0.717) is 5.84 Å². The summed E-state index contributed by atoms with van der Waals surface area (Å²) in [5, 5.41) is 13.0. The maximum atomic E-state index is 8.66. The van der Waals surface area contributed by atoms with Crippen molar-refractivity contribution >= 4 is 51.7 Å². The molecule has 4 rings (SSSR count). The van der Waals surface area contributed by atoms with E-state index in [9.17, 15) is 0 Å². The molecule has 1 aromatic heterocycles. The predicted molar refractivity (Wildman–Crippen MR) is 99.8 cm³/mol. The maximum Gasteiger partial charge on any atom is 0.161 e. The van der Waals surface area contributed by atoms with Crippen LogP contribution in [0.2, 0.25) is 0 Å². The molecule has 0 spiro atoms. The van der Waals surface area contributed by atoms with E-state index < -0.39 is 0 Å². The second-order valence-electron chi connectivity index (χ2n) is 5.17. The summed E-state index contributed by atoms with van der Waals surface area (Å²) in [6.07, 6.45) is 1.79. The van der Waals surface area contributed by atoms with Crippen LogP contribution in [0, 0.1) is 5.41 Å². The van der Waals surface area contributed by atoms with Gasteiger partial charge in [-0.25, -0.2) is 0 Å². The standard InChI is InChI=1S/C15H14IN5S/c1-19-14-12(8-18-19)13(17)20(10-5-3-2-4-6-10)15-21(14)11(7-16)9-22-15/h2-8,15,17H,9H2,1H3. The van der Waals surface area contributed by atoms with Crippen LogP contribution in [0.4, 0.5) is 11.5 Å². The van der Waals surface area contributed by atoms with E-state index in [0.717, 1.165) is 22.8 Å². The highest BCUT2D eigenvalue weighted by Gasteiger charge is 2.44. The minimum atomic E-state index is 0.0683. The molecule has 112 valence electrons. The minimum Gasteiger partial charge on any atom is -0.298 e. The molecule has 1 atom stereocenters. The number of hydrogen-bond acceptors (Lipinski definition) is 4. The Morgan fingerprint density at radius 1 is 1.32 bits per heavy atom. The number of hydrogen-bond donors (Lipinski definition) is 1. The van der Waals surface area contributed by atoms with Crippen molar-refractivity contribution in [2.45, 2.75) is 5.50 Å². The average molecular weight is 423 g/mol. The van der Waals surface area contributed by atoms with Crippen molar-refractivity contribution in [2.24, 2.45) is 7.05 Å². The monoisotopic (exact) mass is 423 g/mol. The molecular formula is C15H14IN5S. The molecule has 2 aliphatic heterocycles. The Hall–Kier alpha value is -1.48. The number of anilines is 2. The lowest BCUT2D eigenvalue weighted by Gasteiger charge is -2.41. The number of thioether (sulfide) groups is 1. The molecule has 1 unspecified atom stereocenters. The molecule has 2 aliphatic rings. The van der Waals surface area contributed by atoms with Crippen LogP contribution in [-0.2, 0) is 7.05 Å². The zero-order valence-electron chi connectivity index (χ0n) is 11.9. The number of amidine groups is 1. The summed E-state index contributed by atoms with van der Waals surface area (Å²) in [6, 6.07) is 10.1. The Kier molecular flexibility index (Phi) is 3.41. The summed E-state index contributed by atoms with van der Waals surface area (Å²) in [5.41, 5.74) is 3.24. The van der Waals surface area contributed by atoms with E-state index in [1.165, 1.54) is 5.70 Å². The van der Waals surface area contributed by atoms with E-state index in [-0.39, 0.29) is 5.50 Å². The normalized spacial score (nSPS) is 22.2. The molecule has 22 heavy (non-hydrogen) atoms. The van der Waals surface area contributed by atoms with E-state index >= 15 is 0 Å². The summed E-state index contributed by atoms with van der Waals surface area (Å²) in [7, 11) is 1.94. The third kappa shape index (κ3) is 1.91. The second-order valence-corrected chi connectivity index (χ2v) is 6.83. The molecule has 1 aromatic carbocycles. The van der Waals surface area contributed by atoms with Gasteiger partial charge in [-0.1, -0.05) is 40.8 Å². The zero-order chi connectivity index (χ0) is 15.3. The molecule has 2 aromatic rings. The van der Waals surface area contributed by atoms with Gasteiger partial charge in [-0.2, -0.15) is 5.10 Å². The fourth-order valence-corrected chi connectivity index (χ4v) is 5.05. The summed E-state index contributed by atoms with van der Waals surface area (Å²) < 4.78 is 3.99. The van der Waals surface area contributed by atoms with Crippen molar-refractivity contribution in [1.82, 2.24) is 9.78 Å². The van der Waals surface area contributed by atoms with Crippen molar-refractivity contribution in [2.75, 3.05) is 15.6 Å². The first-order valence-corrected chi connectivity index (χ1v) is 9.17. The van der Waals surface area contributed by atoms with Crippen molar-refractivity contribution in [3.63, 3.8) is 0 Å². The molecule has 0 amide bonds. The van der Waals surface area contributed by atoms with Gasteiger partial charge in [0, 0.05) is 24.2 Å². The number of aryl methyl sites for hydroxylation is 1. The number of benzene rings is 1. The predicted octanol–water partition coefficient (Wildman–Crippen LogP) is 3.38. The largest absolute Gasteiger partial charge is 0.298 e. The SMILES string of the molecule is Cn1ncc2c1N1C(=CI)CSC1N(c1ccccc1)C2=N. The summed E-state index contributed by atoms with van der Waals surface area (Å²) in [5.74, 6) is 2.46. The van der Waals surface area contributed by atoms with Crippen molar-refractivity contribution < 1.29 is 0 Å². The van der Waals surface area contributed by atoms with E-state index in [4.69, 9.17) is 5.41 Å². The Labute approximate surface area is 146 Å². The van der Waals surface area contributed by atoms with Crippen molar-refractivity contribution in [3.8, 4) is 0 Å². The first-order valence-electron chi connectivity index (χ1n) is 6.87. The Morgan fingerprint density at radius 2 is 2.09 bits per heavy atom. The Bertz CT molecular complexity index is 769. The zero-order valence-corrected chi connectivity index (χ0v) is 14.9. The first-order chi connectivity index (χ1) is 10.7. The van der Waals surface area contributed by atoms with Gasteiger partial charge < -0.3 is 0 Å². The third-order valence-electron chi connectivity index (χ3n) is 3.92. The average Bonchev–Trinajstić information content (AvgIpc) is 3.12. The van der Waals surface area contributed by atoms with Crippen LogP contribution in [-0.4, -0.2) is 26.9 Å². The van der Waals surface area contributed by atoms with Gasteiger partial charge in [0.15, 0.2) is 5.50 Å². The topological polar surface area (TPSA) is 48.2 Å². The molecule has 3 heterocycles. The highest BCUT2D eigenvalue weighted by Crippen LogP contribution is 2.45. The van der Waals surface area contributed by atoms with Crippen LogP contribution in [0.15, 0.2) is 46.3 Å². The van der Waals surface area contributed by atoms with Gasteiger partial charge in [-0.05, 0) is 16.2 Å². The lowest BCUT2D eigenvalue weighted by molar-refractivity contribution is 0.725. The molecule has 0 bridgehead atoms. The molecule has 0 aliphatic carbocycles. The molecule has 7 heteroatoms. The molecule has 1 fully saturated rings. The quantitative estimate of drug-likeness (QED) is 0.715. The number of nitrogens with zero attached hydrogens (tertiary/aromatic N) is 4. The Morgan fingerprint density at radius 3 is 2.82 bits per heavy atom. The molecule has 1 N–H and O–H groups in total. The highest BCUT2D eigenvalue weighted by atomic mass is 127.